The number of nitrogens with two attached hydrogens (primary N) is 1. The predicted octanol–water partition coefficient (Wildman–Crippen LogP) is 3.22. The Kier molecular flexibility index (Phi) is 6.01. The number of likely N-dealkylation sites (N-methyl/N-ethyl adjacent to an activating group) is 1. The van der Waals surface area contributed by atoms with Gasteiger partial charge in [0.25, 0.3) is 5.91 Å². The van der Waals surface area contributed by atoms with Crippen LogP contribution in [-0.2, 0) is 11.3 Å². The molecule has 0 saturated heterocycles. The van der Waals surface area contributed by atoms with Gasteiger partial charge in [-0.15, -0.1) is 11.3 Å². The van der Waals surface area contributed by atoms with Crippen molar-refractivity contribution in [1.82, 2.24) is 4.90 Å². The van der Waals surface area contributed by atoms with Gasteiger partial charge in [0, 0.05) is 16.6 Å². The molecule has 5 nitrogen and oxygen atoms in total. The van der Waals surface area contributed by atoms with Crippen LogP contribution < -0.4 is 11.1 Å². The molecule has 1 aromatic heterocycles. The number of nitrogens with zero attached hydrogens (tertiary/aromatic N) is 1. The molecule has 1 aromatic carbocycles. The van der Waals surface area contributed by atoms with Crippen molar-refractivity contribution in [3.63, 3.8) is 0 Å². The molecule has 0 radical (unpaired) electrons. The van der Waals surface area contributed by atoms with Gasteiger partial charge in [0.15, 0.2) is 0 Å². The van der Waals surface area contributed by atoms with E-state index in [-0.39, 0.29) is 12.5 Å². The lowest BCUT2D eigenvalue weighted by Gasteiger charge is -2.17. The van der Waals surface area contributed by atoms with Crippen LogP contribution in [0.15, 0.2) is 29.6 Å². The van der Waals surface area contributed by atoms with Crippen molar-refractivity contribution in [3.05, 3.63) is 50.8 Å². The van der Waals surface area contributed by atoms with Gasteiger partial charge in [-0.25, -0.2) is 0 Å². The van der Waals surface area contributed by atoms with Crippen molar-refractivity contribution in [1.29, 1.82) is 0 Å². The fourth-order valence-electron chi connectivity index (χ4n) is 2.01. The minimum atomic E-state index is -0.567. The first-order valence-electron chi connectivity index (χ1n) is 6.66. The zero-order valence-corrected chi connectivity index (χ0v) is 14.6. The highest BCUT2D eigenvalue weighted by Gasteiger charge is 2.14. The van der Waals surface area contributed by atoms with E-state index in [0.717, 1.165) is 5.56 Å². The van der Waals surface area contributed by atoms with E-state index in [2.05, 4.69) is 5.32 Å². The van der Waals surface area contributed by atoms with Crippen LogP contribution in [-0.4, -0.2) is 30.3 Å². The quantitative estimate of drug-likeness (QED) is 0.818. The summed E-state index contributed by atoms with van der Waals surface area (Å²) in [6.45, 7) is 0.644. The predicted molar refractivity (Wildman–Crippen MR) is 94.3 cm³/mol. The van der Waals surface area contributed by atoms with Crippen LogP contribution >= 0.6 is 34.5 Å². The number of hydrogen-bond acceptors (Lipinski definition) is 4. The second-order valence-corrected chi connectivity index (χ2v) is 6.74. The maximum Gasteiger partial charge on any atom is 0.251 e. The van der Waals surface area contributed by atoms with E-state index < -0.39 is 5.91 Å². The third-order valence-electron chi connectivity index (χ3n) is 3.05. The summed E-state index contributed by atoms with van der Waals surface area (Å²) in [6, 6.07) is 6.82. The molecule has 0 aliphatic heterocycles. The first-order chi connectivity index (χ1) is 10.9. The number of anilines is 1. The number of rotatable bonds is 6. The van der Waals surface area contributed by atoms with Crippen LogP contribution in [0, 0.1) is 0 Å². The summed E-state index contributed by atoms with van der Waals surface area (Å²) in [4.78, 5) is 25.1. The van der Waals surface area contributed by atoms with Crippen molar-refractivity contribution in [2.75, 3.05) is 18.9 Å². The summed E-state index contributed by atoms with van der Waals surface area (Å²) in [7, 11) is 1.80. The van der Waals surface area contributed by atoms with Gasteiger partial charge in [-0.05, 0) is 36.2 Å². The van der Waals surface area contributed by atoms with Crippen molar-refractivity contribution < 1.29 is 9.59 Å². The third-order valence-corrected chi connectivity index (χ3v) is 4.47. The zero-order chi connectivity index (χ0) is 17.0. The van der Waals surface area contributed by atoms with Crippen LogP contribution in [0.2, 0.25) is 10.0 Å². The molecule has 2 amide bonds. The van der Waals surface area contributed by atoms with Crippen LogP contribution in [0.4, 0.5) is 5.00 Å². The molecule has 2 aromatic rings. The lowest BCUT2D eigenvalue weighted by Crippen LogP contribution is -2.30. The Hall–Kier alpha value is -1.60. The molecule has 0 aliphatic carbocycles. The molecule has 0 bridgehead atoms. The smallest absolute Gasteiger partial charge is 0.251 e. The number of nitrogens with one attached hydrogen (secondary N) is 1. The summed E-state index contributed by atoms with van der Waals surface area (Å²) in [6.07, 6.45) is 0. The lowest BCUT2D eigenvalue weighted by atomic mass is 10.2. The van der Waals surface area contributed by atoms with Gasteiger partial charge >= 0.3 is 0 Å². The summed E-state index contributed by atoms with van der Waals surface area (Å²) in [5.74, 6) is -0.801. The van der Waals surface area contributed by atoms with Crippen LogP contribution in [0.1, 0.15) is 15.9 Å². The zero-order valence-electron chi connectivity index (χ0n) is 12.3. The van der Waals surface area contributed by atoms with Crippen LogP contribution in [0.25, 0.3) is 0 Å². The van der Waals surface area contributed by atoms with Crippen molar-refractivity contribution in [3.8, 4) is 0 Å². The van der Waals surface area contributed by atoms with Gasteiger partial charge < -0.3 is 11.1 Å². The monoisotopic (exact) mass is 371 g/mol. The van der Waals surface area contributed by atoms with Gasteiger partial charge in [0.05, 0.1) is 12.1 Å². The minimum absolute atomic E-state index is 0.148. The minimum Gasteiger partial charge on any atom is -0.366 e. The maximum atomic E-state index is 12.1. The first kappa shape index (κ1) is 17.7. The highest BCUT2D eigenvalue weighted by Crippen LogP contribution is 2.23. The van der Waals surface area contributed by atoms with Gasteiger partial charge in [-0.1, -0.05) is 29.3 Å². The summed E-state index contributed by atoms with van der Waals surface area (Å²) in [5.41, 5.74) is 6.43. The second-order valence-electron chi connectivity index (χ2n) is 4.98. The molecule has 0 aliphatic rings. The Morgan fingerprint density at radius 1 is 1.30 bits per heavy atom. The van der Waals surface area contributed by atoms with Crippen molar-refractivity contribution >= 4 is 51.4 Å². The van der Waals surface area contributed by atoms with Gasteiger partial charge in [0.2, 0.25) is 5.91 Å². The number of halogens is 2. The van der Waals surface area contributed by atoms with Crippen LogP contribution in [0.3, 0.4) is 0 Å². The fraction of sp³-hybridized carbons (Fsp3) is 0.200. The molecule has 1 heterocycles. The Morgan fingerprint density at radius 3 is 2.70 bits per heavy atom. The topological polar surface area (TPSA) is 75.4 Å². The average molecular weight is 372 g/mol. The molecule has 2 rings (SSSR count). The molecule has 0 fully saturated rings. The average Bonchev–Trinajstić information content (AvgIpc) is 2.90. The molecule has 0 spiro atoms. The summed E-state index contributed by atoms with van der Waals surface area (Å²) < 4.78 is 0. The SMILES string of the molecule is CN(CC(=O)Nc1sccc1C(N)=O)Cc1ccc(Cl)cc1Cl. The highest BCUT2D eigenvalue weighted by atomic mass is 35.5. The molecule has 0 atom stereocenters. The van der Waals surface area contributed by atoms with E-state index in [1.165, 1.54) is 11.3 Å². The van der Waals surface area contributed by atoms with E-state index in [4.69, 9.17) is 28.9 Å². The number of carbonyl (C=O) groups is 2. The molecular weight excluding hydrogens is 357 g/mol. The number of hydrogen-bond donors (Lipinski definition) is 2. The normalized spacial score (nSPS) is 10.8. The van der Waals surface area contributed by atoms with Crippen LogP contribution in [0.5, 0.6) is 0 Å². The third kappa shape index (κ3) is 4.94. The van der Waals surface area contributed by atoms with E-state index in [1.807, 2.05) is 11.0 Å². The number of benzene rings is 1. The molecule has 8 heteroatoms. The van der Waals surface area contributed by atoms with E-state index >= 15 is 0 Å². The van der Waals surface area contributed by atoms with Gasteiger partial charge in [-0.2, -0.15) is 0 Å². The first-order valence-corrected chi connectivity index (χ1v) is 8.30. The Bertz CT molecular complexity index is 733. The lowest BCUT2D eigenvalue weighted by molar-refractivity contribution is -0.117. The number of amides is 2. The highest BCUT2D eigenvalue weighted by molar-refractivity contribution is 7.14. The maximum absolute atomic E-state index is 12.1. The van der Waals surface area contributed by atoms with E-state index in [1.54, 1.807) is 30.6 Å². The number of carbonyl (C=O) groups excluding carboxylic acids is 2. The summed E-state index contributed by atoms with van der Waals surface area (Å²) in [5, 5.41) is 5.98. The Balaban J connectivity index is 1.94. The molecular formula is C15H15Cl2N3O2S. The van der Waals surface area contributed by atoms with E-state index in [0.29, 0.717) is 27.2 Å². The van der Waals surface area contributed by atoms with Gasteiger partial charge in [-0.3, -0.25) is 14.5 Å². The number of primary amides is 1. The molecule has 3 N–H and O–H groups in total. The van der Waals surface area contributed by atoms with Crippen molar-refractivity contribution in [2.24, 2.45) is 5.73 Å². The molecule has 122 valence electrons. The molecule has 0 saturated carbocycles. The van der Waals surface area contributed by atoms with Crippen molar-refractivity contribution in [2.45, 2.75) is 6.54 Å². The fourth-order valence-corrected chi connectivity index (χ4v) is 3.28. The van der Waals surface area contributed by atoms with E-state index in [9.17, 15) is 9.59 Å². The summed E-state index contributed by atoms with van der Waals surface area (Å²) >= 11 is 13.2. The number of thiophene rings is 1. The standard InChI is InChI=1S/C15H15Cl2N3O2S/c1-20(7-9-2-3-10(16)6-12(9)17)8-13(21)19-15-11(14(18)22)4-5-23-15/h2-6H,7-8H2,1H3,(H2,18,22)(H,19,21). The molecule has 0 unspecified atom stereocenters. The Morgan fingerprint density at radius 2 is 2.04 bits per heavy atom. The van der Waals surface area contributed by atoms with Gasteiger partial charge in [0.1, 0.15) is 5.00 Å². The second kappa shape index (κ2) is 7.79. The molecule has 23 heavy (non-hydrogen) atoms. The Labute approximate surface area is 148 Å². The largest absolute Gasteiger partial charge is 0.366 e.